The summed E-state index contributed by atoms with van der Waals surface area (Å²) in [4.78, 5) is 13.9. The number of ether oxygens (including phenoxy) is 1. The third-order valence-corrected chi connectivity index (χ3v) is 3.30. The van der Waals surface area contributed by atoms with Crippen molar-refractivity contribution in [3.8, 4) is 0 Å². The van der Waals surface area contributed by atoms with Crippen molar-refractivity contribution in [2.75, 3.05) is 39.4 Å². The third-order valence-electron chi connectivity index (χ3n) is 3.30. The lowest BCUT2D eigenvalue weighted by molar-refractivity contribution is -0.130. The van der Waals surface area contributed by atoms with E-state index in [2.05, 4.69) is 12.2 Å². The van der Waals surface area contributed by atoms with Gasteiger partial charge in [0.15, 0.2) is 0 Å². The van der Waals surface area contributed by atoms with Gasteiger partial charge in [0.1, 0.15) is 0 Å². The molecular formula is C14H28N2O2. The summed E-state index contributed by atoms with van der Waals surface area (Å²) in [7, 11) is 0. The fourth-order valence-corrected chi connectivity index (χ4v) is 2.12. The van der Waals surface area contributed by atoms with Crippen LogP contribution in [0.25, 0.3) is 0 Å². The van der Waals surface area contributed by atoms with Crippen LogP contribution >= 0.6 is 0 Å². The highest BCUT2D eigenvalue weighted by Crippen LogP contribution is 2.09. The molecule has 0 aliphatic carbocycles. The predicted molar refractivity (Wildman–Crippen MR) is 73.6 cm³/mol. The lowest BCUT2D eigenvalue weighted by atomic mass is 10.2. The summed E-state index contributed by atoms with van der Waals surface area (Å²) in [5.74, 6) is 0.241. The summed E-state index contributed by atoms with van der Waals surface area (Å²) in [6, 6.07) is 0. The Morgan fingerprint density at radius 3 is 2.56 bits per heavy atom. The Hall–Kier alpha value is -0.610. The molecule has 1 rings (SSSR count). The van der Waals surface area contributed by atoms with Crippen LogP contribution < -0.4 is 5.32 Å². The molecule has 1 amide bonds. The minimum absolute atomic E-state index is 0.241. The van der Waals surface area contributed by atoms with E-state index in [0.717, 1.165) is 45.5 Å². The lowest BCUT2D eigenvalue weighted by Gasteiger charge is -2.20. The molecule has 1 aliphatic rings. The first-order valence-corrected chi connectivity index (χ1v) is 7.41. The predicted octanol–water partition coefficient (Wildman–Crippen LogP) is 1.80. The van der Waals surface area contributed by atoms with Gasteiger partial charge in [-0.1, -0.05) is 26.2 Å². The fourth-order valence-electron chi connectivity index (χ4n) is 2.12. The molecule has 0 aromatic carbocycles. The Labute approximate surface area is 111 Å². The smallest absolute Gasteiger partial charge is 0.236 e. The zero-order valence-corrected chi connectivity index (χ0v) is 11.7. The van der Waals surface area contributed by atoms with Crippen LogP contribution in [0.5, 0.6) is 0 Å². The number of hydrogen-bond acceptors (Lipinski definition) is 3. The lowest BCUT2D eigenvalue weighted by Crippen LogP contribution is -2.39. The number of rotatable bonds is 8. The summed E-state index contributed by atoms with van der Waals surface area (Å²) in [5.41, 5.74) is 0. The molecule has 0 bridgehead atoms. The van der Waals surface area contributed by atoms with Crippen molar-refractivity contribution in [1.82, 2.24) is 10.2 Å². The van der Waals surface area contributed by atoms with Crippen molar-refractivity contribution in [2.45, 2.75) is 45.4 Å². The maximum absolute atomic E-state index is 11.9. The highest BCUT2D eigenvalue weighted by Gasteiger charge is 2.14. The second-order valence-electron chi connectivity index (χ2n) is 4.94. The van der Waals surface area contributed by atoms with Crippen LogP contribution in [0.3, 0.4) is 0 Å². The second kappa shape index (κ2) is 10.3. The van der Waals surface area contributed by atoms with E-state index in [-0.39, 0.29) is 5.91 Å². The topological polar surface area (TPSA) is 41.6 Å². The van der Waals surface area contributed by atoms with Crippen molar-refractivity contribution in [1.29, 1.82) is 0 Å². The Bertz CT molecular complexity index is 214. The molecule has 0 atom stereocenters. The Balaban J connectivity index is 1.98. The van der Waals surface area contributed by atoms with Gasteiger partial charge in [0.25, 0.3) is 0 Å². The van der Waals surface area contributed by atoms with Crippen LogP contribution in [-0.2, 0) is 9.53 Å². The minimum Gasteiger partial charge on any atom is -0.380 e. The number of likely N-dealkylation sites (tertiary alicyclic amines) is 1. The van der Waals surface area contributed by atoms with Crippen LogP contribution in [-0.4, -0.2) is 50.2 Å². The van der Waals surface area contributed by atoms with Crippen molar-refractivity contribution in [3.63, 3.8) is 0 Å². The van der Waals surface area contributed by atoms with E-state index in [1.165, 1.54) is 19.3 Å². The summed E-state index contributed by atoms with van der Waals surface area (Å²) in [6.45, 7) is 6.79. The van der Waals surface area contributed by atoms with Gasteiger partial charge >= 0.3 is 0 Å². The fraction of sp³-hybridized carbons (Fsp3) is 0.929. The number of carbonyl (C=O) groups excluding carboxylic acids is 1. The third kappa shape index (κ3) is 6.97. The molecule has 1 heterocycles. The summed E-state index contributed by atoms with van der Waals surface area (Å²) in [5, 5.41) is 3.16. The molecule has 0 radical (unpaired) electrons. The minimum atomic E-state index is 0.241. The number of amides is 1. The first-order valence-electron chi connectivity index (χ1n) is 7.41. The summed E-state index contributed by atoms with van der Waals surface area (Å²) >= 11 is 0. The summed E-state index contributed by atoms with van der Waals surface area (Å²) < 4.78 is 5.43. The van der Waals surface area contributed by atoms with Gasteiger partial charge in [-0.2, -0.15) is 0 Å². The second-order valence-corrected chi connectivity index (χ2v) is 4.94. The quantitative estimate of drug-likeness (QED) is 0.673. The summed E-state index contributed by atoms with van der Waals surface area (Å²) in [6.07, 6.45) is 7.14. The van der Waals surface area contributed by atoms with Crippen LogP contribution in [0.1, 0.15) is 45.4 Å². The molecule has 0 unspecified atom stereocenters. The number of carbonyl (C=O) groups is 1. The molecule has 0 aromatic heterocycles. The van der Waals surface area contributed by atoms with Gasteiger partial charge in [0.2, 0.25) is 5.91 Å². The highest BCUT2D eigenvalue weighted by atomic mass is 16.5. The number of nitrogens with zero attached hydrogens (tertiary/aromatic N) is 1. The average Bonchev–Trinajstić information content (AvgIpc) is 2.66. The molecule has 1 saturated heterocycles. The SMILES string of the molecule is CCCCOCCNCC(=O)N1CCCCCC1. The highest BCUT2D eigenvalue weighted by molar-refractivity contribution is 5.78. The van der Waals surface area contributed by atoms with E-state index in [0.29, 0.717) is 13.2 Å². The van der Waals surface area contributed by atoms with Crippen molar-refractivity contribution in [2.24, 2.45) is 0 Å². The van der Waals surface area contributed by atoms with Crippen molar-refractivity contribution in [3.05, 3.63) is 0 Å². The van der Waals surface area contributed by atoms with Gasteiger partial charge in [-0.05, 0) is 19.3 Å². The van der Waals surface area contributed by atoms with E-state index in [4.69, 9.17) is 4.74 Å². The molecule has 106 valence electrons. The van der Waals surface area contributed by atoms with Gasteiger partial charge in [-0.25, -0.2) is 0 Å². The molecule has 18 heavy (non-hydrogen) atoms. The molecular weight excluding hydrogens is 228 g/mol. The average molecular weight is 256 g/mol. The van der Waals surface area contributed by atoms with E-state index < -0.39 is 0 Å². The monoisotopic (exact) mass is 256 g/mol. The molecule has 1 aliphatic heterocycles. The molecule has 0 saturated carbocycles. The number of unbranched alkanes of at least 4 members (excludes halogenated alkanes) is 1. The van der Waals surface area contributed by atoms with Crippen molar-refractivity contribution < 1.29 is 9.53 Å². The Morgan fingerprint density at radius 1 is 1.17 bits per heavy atom. The molecule has 1 N–H and O–H groups in total. The van der Waals surface area contributed by atoms with Gasteiger partial charge in [-0.15, -0.1) is 0 Å². The normalized spacial score (nSPS) is 16.6. The molecule has 0 aromatic rings. The van der Waals surface area contributed by atoms with Crippen LogP contribution in [0, 0.1) is 0 Å². The Morgan fingerprint density at radius 2 is 1.89 bits per heavy atom. The van der Waals surface area contributed by atoms with Gasteiger partial charge in [-0.3, -0.25) is 4.79 Å². The van der Waals surface area contributed by atoms with Gasteiger partial charge in [0.05, 0.1) is 13.2 Å². The first-order chi connectivity index (χ1) is 8.84. The molecule has 4 heteroatoms. The van der Waals surface area contributed by atoms with Crippen molar-refractivity contribution >= 4 is 5.91 Å². The number of nitrogens with one attached hydrogen (secondary N) is 1. The van der Waals surface area contributed by atoms with Gasteiger partial charge < -0.3 is 15.0 Å². The van der Waals surface area contributed by atoms with Gasteiger partial charge in [0, 0.05) is 26.2 Å². The Kier molecular flexibility index (Phi) is 8.86. The maximum atomic E-state index is 11.9. The standard InChI is InChI=1S/C14H28N2O2/c1-2-3-11-18-12-8-15-13-14(17)16-9-6-4-5-7-10-16/h15H,2-13H2,1H3. The molecule has 4 nitrogen and oxygen atoms in total. The zero-order valence-electron chi connectivity index (χ0n) is 11.7. The van der Waals surface area contributed by atoms with E-state index >= 15 is 0 Å². The van der Waals surface area contributed by atoms with Crippen LogP contribution in [0.2, 0.25) is 0 Å². The maximum Gasteiger partial charge on any atom is 0.236 e. The molecule has 1 fully saturated rings. The van der Waals surface area contributed by atoms with E-state index in [1.807, 2.05) is 4.90 Å². The van der Waals surface area contributed by atoms with Crippen LogP contribution in [0.4, 0.5) is 0 Å². The number of hydrogen-bond donors (Lipinski definition) is 1. The first kappa shape index (κ1) is 15.4. The van der Waals surface area contributed by atoms with E-state index in [9.17, 15) is 4.79 Å². The molecule has 0 spiro atoms. The zero-order chi connectivity index (χ0) is 13.1. The van der Waals surface area contributed by atoms with Crippen LogP contribution in [0.15, 0.2) is 0 Å². The van der Waals surface area contributed by atoms with E-state index in [1.54, 1.807) is 0 Å². The largest absolute Gasteiger partial charge is 0.380 e.